The van der Waals surface area contributed by atoms with Crippen molar-refractivity contribution in [2.75, 3.05) is 0 Å². The molecule has 31 heavy (non-hydrogen) atoms. The van der Waals surface area contributed by atoms with Crippen molar-refractivity contribution >= 4 is 0 Å². The molecule has 4 rings (SSSR count). The summed E-state index contributed by atoms with van der Waals surface area (Å²) in [6.45, 7) is 10.7. The van der Waals surface area contributed by atoms with Crippen LogP contribution in [-0.4, -0.2) is 20.1 Å². The normalized spacial score (nSPS) is 11.5. The van der Waals surface area contributed by atoms with Crippen LogP contribution in [-0.2, 0) is 12.0 Å². The molecule has 6 heteroatoms. The fourth-order valence-electron chi connectivity index (χ4n) is 3.13. The van der Waals surface area contributed by atoms with Gasteiger partial charge in [0.2, 0.25) is 11.7 Å². The summed E-state index contributed by atoms with van der Waals surface area (Å²) >= 11 is 0. The molecule has 0 amide bonds. The molecular weight excluding hydrogens is 388 g/mol. The van der Waals surface area contributed by atoms with Gasteiger partial charge < -0.3 is 9.26 Å². The second kappa shape index (κ2) is 8.30. The summed E-state index contributed by atoms with van der Waals surface area (Å²) in [6.07, 6.45) is 0. The van der Waals surface area contributed by atoms with Crippen molar-refractivity contribution < 1.29 is 9.26 Å². The number of ether oxygens (including phenoxy) is 1. The smallest absolute Gasteiger partial charge is 0.264 e. The van der Waals surface area contributed by atoms with Crippen LogP contribution in [0.5, 0.6) is 5.88 Å². The zero-order valence-electron chi connectivity index (χ0n) is 18.5. The van der Waals surface area contributed by atoms with Crippen LogP contribution in [0.4, 0.5) is 0 Å². The van der Waals surface area contributed by atoms with Crippen molar-refractivity contribution in [2.45, 2.75) is 46.6 Å². The zero-order valence-corrected chi connectivity index (χ0v) is 18.5. The lowest BCUT2D eigenvalue weighted by Gasteiger charge is -2.18. The Morgan fingerprint density at radius 1 is 0.806 bits per heavy atom. The van der Waals surface area contributed by atoms with Crippen molar-refractivity contribution in [3.63, 3.8) is 0 Å². The molecular formula is C25H26N4O2. The molecule has 0 saturated heterocycles. The van der Waals surface area contributed by atoms with Crippen molar-refractivity contribution in [3.05, 3.63) is 77.3 Å². The Balaban J connectivity index is 1.47. The SMILES string of the molecule is Cc1ccc(-c2nc(C)cc(OCc3nc(-c4ccc(C(C)(C)C)cc4)no3)n2)cc1. The molecule has 0 N–H and O–H groups in total. The monoisotopic (exact) mass is 414 g/mol. The van der Waals surface area contributed by atoms with Gasteiger partial charge >= 0.3 is 0 Å². The molecule has 6 nitrogen and oxygen atoms in total. The van der Waals surface area contributed by atoms with Crippen molar-refractivity contribution in [2.24, 2.45) is 0 Å². The summed E-state index contributed by atoms with van der Waals surface area (Å²) in [5, 5.41) is 4.08. The Bertz CT molecular complexity index is 1170. The van der Waals surface area contributed by atoms with Gasteiger partial charge in [0.25, 0.3) is 5.89 Å². The summed E-state index contributed by atoms with van der Waals surface area (Å²) in [5.74, 6) is 2.03. The first-order chi connectivity index (χ1) is 14.8. The van der Waals surface area contributed by atoms with Gasteiger partial charge in [-0.3, -0.25) is 0 Å². The standard InChI is InChI=1S/C25H26N4O2/c1-16-6-8-18(9-7-16)23-26-17(2)14-21(27-23)30-15-22-28-24(29-31-22)19-10-12-20(13-11-19)25(3,4)5/h6-14H,15H2,1-5H3. The van der Waals surface area contributed by atoms with Crippen LogP contribution >= 0.6 is 0 Å². The van der Waals surface area contributed by atoms with E-state index in [4.69, 9.17) is 9.26 Å². The molecule has 4 aromatic rings. The first-order valence-corrected chi connectivity index (χ1v) is 10.3. The Morgan fingerprint density at radius 2 is 1.45 bits per heavy atom. The lowest BCUT2D eigenvalue weighted by Crippen LogP contribution is -2.10. The molecule has 0 aliphatic heterocycles. The molecule has 2 aromatic heterocycles. The van der Waals surface area contributed by atoms with E-state index in [1.807, 2.05) is 50.2 Å². The summed E-state index contributed by atoms with van der Waals surface area (Å²) < 4.78 is 11.2. The molecule has 0 fully saturated rings. The van der Waals surface area contributed by atoms with E-state index in [1.165, 1.54) is 11.1 Å². The Labute approximate surface area is 182 Å². The van der Waals surface area contributed by atoms with E-state index in [9.17, 15) is 0 Å². The third-order valence-electron chi connectivity index (χ3n) is 4.96. The highest BCUT2D eigenvalue weighted by Crippen LogP contribution is 2.25. The summed E-state index contributed by atoms with van der Waals surface area (Å²) in [6, 6.07) is 18.1. The van der Waals surface area contributed by atoms with E-state index < -0.39 is 0 Å². The minimum Gasteiger partial charge on any atom is -0.467 e. The lowest BCUT2D eigenvalue weighted by molar-refractivity contribution is 0.235. The van der Waals surface area contributed by atoms with Gasteiger partial charge in [0, 0.05) is 22.9 Å². The van der Waals surface area contributed by atoms with Gasteiger partial charge in [0.1, 0.15) is 0 Å². The molecule has 0 spiro atoms. The number of nitrogens with zero attached hydrogens (tertiary/aromatic N) is 4. The van der Waals surface area contributed by atoms with E-state index in [0.29, 0.717) is 23.4 Å². The molecule has 0 saturated carbocycles. The molecule has 0 aliphatic rings. The second-order valence-corrected chi connectivity index (χ2v) is 8.66. The van der Waals surface area contributed by atoms with Crippen LogP contribution in [0.2, 0.25) is 0 Å². The maximum atomic E-state index is 5.82. The predicted molar refractivity (Wildman–Crippen MR) is 120 cm³/mol. The summed E-state index contributed by atoms with van der Waals surface area (Å²) in [5.41, 5.74) is 5.22. The van der Waals surface area contributed by atoms with Gasteiger partial charge in [-0.05, 0) is 24.8 Å². The van der Waals surface area contributed by atoms with Crippen LogP contribution in [0, 0.1) is 13.8 Å². The number of hydrogen-bond acceptors (Lipinski definition) is 6. The summed E-state index contributed by atoms with van der Waals surface area (Å²) in [4.78, 5) is 13.5. The Hall–Kier alpha value is -3.54. The van der Waals surface area contributed by atoms with Gasteiger partial charge in [-0.25, -0.2) is 4.98 Å². The number of hydrogen-bond donors (Lipinski definition) is 0. The van der Waals surface area contributed by atoms with Crippen molar-refractivity contribution in [3.8, 4) is 28.7 Å². The highest BCUT2D eigenvalue weighted by Gasteiger charge is 2.15. The van der Waals surface area contributed by atoms with Gasteiger partial charge in [0.05, 0.1) is 0 Å². The van der Waals surface area contributed by atoms with Crippen molar-refractivity contribution in [1.82, 2.24) is 20.1 Å². The average molecular weight is 415 g/mol. The number of rotatable bonds is 5. The lowest BCUT2D eigenvalue weighted by atomic mass is 9.87. The van der Waals surface area contributed by atoms with Crippen LogP contribution in [0.15, 0.2) is 59.1 Å². The molecule has 158 valence electrons. The number of benzene rings is 2. The maximum Gasteiger partial charge on any atom is 0.264 e. The number of aryl methyl sites for hydroxylation is 2. The van der Waals surface area contributed by atoms with Gasteiger partial charge in [-0.15, -0.1) is 0 Å². The van der Waals surface area contributed by atoms with Crippen LogP contribution in [0.25, 0.3) is 22.8 Å². The first kappa shape index (κ1) is 20.7. The molecule has 2 aromatic carbocycles. The van der Waals surface area contributed by atoms with E-state index in [2.05, 4.69) is 53.0 Å². The fraction of sp³-hybridized carbons (Fsp3) is 0.280. The largest absolute Gasteiger partial charge is 0.467 e. The first-order valence-electron chi connectivity index (χ1n) is 10.3. The fourth-order valence-corrected chi connectivity index (χ4v) is 3.13. The van der Waals surface area contributed by atoms with Gasteiger partial charge in [-0.1, -0.05) is 80.0 Å². The van der Waals surface area contributed by atoms with E-state index in [0.717, 1.165) is 16.8 Å². The second-order valence-electron chi connectivity index (χ2n) is 8.66. The van der Waals surface area contributed by atoms with Gasteiger partial charge in [0.15, 0.2) is 12.4 Å². The minimum absolute atomic E-state index is 0.0991. The molecule has 0 bridgehead atoms. The topological polar surface area (TPSA) is 73.9 Å². The highest BCUT2D eigenvalue weighted by atomic mass is 16.5. The molecule has 0 aliphatic carbocycles. The van der Waals surface area contributed by atoms with Crippen LogP contribution in [0.1, 0.15) is 43.5 Å². The number of aromatic nitrogens is 4. The van der Waals surface area contributed by atoms with E-state index in [-0.39, 0.29) is 12.0 Å². The third kappa shape index (κ3) is 4.97. The molecule has 2 heterocycles. The van der Waals surface area contributed by atoms with Crippen molar-refractivity contribution in [1.29, 1.82) is 0 Å². The third-order valence-corrected chi connectivity index (χ3v) is 4.96. The van der Waals surface area contributed by atoms with Crippen LogP contribution in [0.3, 0.4) is 0 Å². The minimum atomic E-state index is 0.0991. The molecule has 0 atom stereocenters. The van der Waals surface area contributed by atoms with E-state index >= 15 is 0 Å². The molecule has 0 unspecified atom stereocenters. The van der Waals surface area contributed by atoms with Crippen LogP contribution < -0.4 is 4.74 Å². The zero-order chi connectivity index (χ0) is 22.0. The van der Waals surface area contributed by atoms with Gasteiger partial charge in [-0.2, -0.15) is 9.97 Å². The maximum absolute atomic E-state index is 5.82. The predicted octanol–water partition coefficient (Wildman–Crippen LogP) is 5.69. The average Bonchev–Trinajstić information content (AvgIpc) is 3.21. The Morgan fingerprint density at radius 3 is 2.13 bits per heavy atom. The summed E-state index contributed by atoms with van der Waals surface area (Å²) in [7, 11) is 0. The highest BCUT2D eigenvalue weighted by molar-refractivity contribution is 5.56. The Kier molecular flexibility index (Phi) is 5.55. The van der Waals surface area contributed by atoms with E-state index in [1.54, 1.807) is 6.07 Å². The quantitative estimate of drug-likeness (QED) is 0.418. The molecule has 0 radical (unpaired) electrons.